The van der Waals surface area contributed by atoms with Crippen molar-refractivity contribution in [3.05, 3.63) is 71.5 Å². The van der Waals surface area contributed by atoms with Crippen molar-refractivity contribution in [2.45, 2.75) is 20.3 Å². The minimum atomic E-state index is -0.226. The Morgan fingerprint density at radius 2 is 1.88 bits per heavy atom. The molecule has 6 heteroatoms. The van der Waals surface area contributed by atoms with E-state index in [9.17, 15) is 4.79 Å². The van der Waals surface area contributed by atoms with Crippen LogP contribution in [0.15, 0.2) is 54.7 Å². The Kier molecular flexibility index (Phi) is 4.99. The van der Waals surface area contributed by atoms with Crippen LogP contribution in [0.25, 0.3) is 11.5 Å². The van der Waals surface area contributed by atoms with E-state index >= 15 is 0 Å². The Morgan fingerprint density at radius 1 is 1.08 bits per heavy atom. The van der Waals surface area contributed by atoms with Gasteiger partial charge in [0.2, 0.25) is 0 Å². The van der Waals surface area contributed by atoms with Crippen LogP contribution in [-0.4, -0.2) is 20.9 Å². The van der Waals surface area contributed by atoms with Crippen LogP contribution in [0.5, 0.6) is 0 Å². The molecule has 2 N–H and O–H groups in total. The number of hydrogen-bond donors (Lipinski definition) is 2. The number of nitrogens with zero attached hydrogens (tertiary/aromatic N) is 3. The number of nitrogens with one attached hydrogen (secondary N) is 2. The van der Waals surface area contributed by atoms with Crippen molar-refractivity contribution in [2.75, 3.05) is 5.43 Å². The second kappa shape index (κ2) is 7.53. The van der Waals surface area contributed by atoms with Crippen LogP contribution in [0.3, 0.4) is 0 Å². The number of aryl methyl sites for hydroxylation is 2. The summed E-state index contributed by atoms with van der Waals surface area (Å²) >= 11 is 0. The fourth-order valence-corrected chi connectivity index (χ4v) is 2.25. The number of aromatic nitrogens is 3. The summed E-state index contributed by atoms with van der Waals surface area (Å²) in [6.07, 6.45) is 2.45. The number of rotatable bonds is 5. The molecule has 0 spiro atoms. The van der Waals surface area contributed by atoms with E-state index in [4.69, 9.17) is 0 Å². The summed E-state index contributed by atoms with van der Waals surface area (Å²) in [6, 6.07) is 14.7. The highest BCUT2D eigenvalue weighted by Crippen LogP contribution is 2.15. The lowest BCUT2D eigenvalue weighted by Crippen LogP contribution is -2.30. The van der Waals surface area contributed by atoms with Gasteiger partial charge in [-0.3, -0.25) is 20.6 Å². The molecule has 6 nitrogen and oxygen atoms in total. The first-order chi connectivity index (χ1) is 12.2. The molecule has 2 heterocycles. The first-order valence-electron chi connectivity index (χ1n) is 8.08. The Labute approximate surface area is 146 Å². The number of anilines is 1. The van der Waals surface area contributed by atoms with Crippen LogP contribution >= 0.6 is 0 Å². The van der Waals surface area contributed by atoms with Crippen molar-refractivity contribution < 1.29 is 4.79 Å². The third kappa shape index (κ3) is 4.17. The maximum Gasteiger partial charge on any atom is 0.269 e. The first kappa shape index (κ1) is 16.6. The molecule has 0 aliphatic rings. The van der Waals surface area contributed by atoms with Gasteiger partial charge in [-0.1, -0.05) is 30.7 Å². The maximum atomic E-state index is 12.2. The van der Waals surface area contributed by atoms with Crippen molar-refractivity contribution >= 4 is 11.7 Å². The molecule has 3 aromatic rings. The summed E-state index contributed by atoms with van der Waals surface area (Å²) in [5, 5.41) is 0. The fraction of sp³-hybridized carbons (Fsp3) is 0.158. The van der Waals surface area contributed by atoms with Gasteiger partial charge >= 0.3 is 0 Å². The quantitative estimate of drug-likeness (QED) is 0.701. The highest BCUT2D eigenvalue weighted by molar-refractivity contribution is 5.94. The van der Waals surface area contributed by atoms with Crippen molar-refractivity contribution in [3.63, 3.8) is 0 Å². The normalized spacial score (nSPS) is 10.3. The molecule has 0 aliphatic heterocycles. The van der Waals surface area contributed by atoms with Gasteiger partial charge in [-0.15, -0.1) is 0 Å². The SMILES string of the molecule is CCc1cc(NNC(=O)c2ccc(C)cc2)nc(-c2ccccn2)n1. The fourth-order valence-electron chi connectivity index (χ4n) is 2.25. The molecule has 0 radical (unpaired) electrons. The summed E-state index contributed by atoms with van der Waals surface area (Å²) in [6.45, 7) is 3.99. The van der Waals surface area contributed by atoms with Crippen LogP contribution in [0.1, 0.15) is 28.5 Å². The predicted octanol–water partition coefficient (Wildman–Crippen LogP) is 3.17. The molecular weight excluding hydrogens is 314 g/mol. The van der Waals surface area contributed by atoms with Gasteiger partial charge in [0, 0.05) is 23.5 Å². The largest absolute Gasteiger partial charge is 0.281 e. The number of carbonyl (C=O) groups is 1. The van der Waals surface area contributed by atoms with E-state index in [2.05, 4.69) is 25.8 Å². The first-order valence-corrected chi connectivity index (χ1v) is 8.08. The molecular formula is C19H19N5O. The van der Waals surface area contributed by atoms with Gasteiger partial charge in [-0.25, -0.2) is 9.97 Å². The van der Waals surface area contributed by atoms with Crippen molar-refractivity contribution in [2.24, 2.45) is 0 Å². The molecule has 2 aromatic heterocycles. The molecule has 0 saturated heterocycles. The van der Waals surface area contributed by atoms with Crippen LogP contribution in [-0.2, 0) is 6.42 Å². The second-order valence-corrected chi connectivity index (χ2v) is 5.58. The summed E-state index contributed by atoms with van der Waals surface area (Å²) in [4.78, 5) is 25.4. The third-order valence-corrected chi connectivity index (χ3v) is 3.65. The second-order valence-electron chi connectivity index (χ2n) is 5.58. The summed E-state index contributed by atoms with van der Waals surface area (Å²) in [7, 11) is 0. The van der Waals surface area contributed by atoms with Gasteiger partial charge < -0.3 is 0 Å². The van der Waals surface area contributed by atoms with E-state index in [1.54, 1.807) is 18.3 Å². The zero-order valence-electron chi connectivity index (χ0n) is 14.2. The molecule has 0 saturated carbocycles. The van der Waals surface area contributed by atoms with Gasteiger partial charge in [0.15, 0.2) is 5.82 Å². The molecule has 0 unspecified atom stereocenters. The van der Waals surface area contributed by atoms with E-state index in [-0.39, 0.29) is 5.91 Å². The number of pyridine rings is 1. The Morgan fingerprint density at radius 3 is 2.56 bits per heavy atom. The van der Waals surface area contributed by atoms with Crippen LogP contribution in [0.4, 0.5) is 5.82 Å². The van der Waals surface area contributed by atoms with E-state index in [1.807, 2.05) is 50.2 Å². The summed E-state index contributed by atoms with van der Waals surface area (Å²) in [5.74, 6) is 0.816. The molecule has 0 fully saturated rings. The zero-order valence-corrected chi connectivity index (χ0v) is 14.2. The number of benzene rings is 1. The molecule has 0 aliphatic carbocycles. The average molecular weight is 333 g/mol. The lowest BCUT2D eigenvalue weighted by atomic mass is 10.1. The van der Waals surface area contributed by atoms with Crippen molar-refractivity contribution in [1.29, 1.82) is 0 Å². The van der Waals surface area contributed by atoms with E-state index in [1.165, 1.54) is 0 Å². The number of hydrogen-bond acceptors (Lipinski definition) is 5. The standard InChI is InChI=1S/C19H19N5O/c1-3-15-12-17(22-18(21-15)16-6-4-5-11-20-16)23-24-19(25)14-9-7-13(2)8-10-14/h4-12H,3H2,1-2H3,(H,24,25)(H,21,22,23). The van der Waals surface area contributed by atoms with Crippen LogP contribution < -0.4 is 10.9 Å². The lowest BCUT2D eigenvalue weighted by Gasteiger charge is -2.10. The number of carbonyl (C=O) groups excluding carboxylic acids is 1. The molecule has 25 heavy (non-hydrogen) atoms. The van der Waals surface area contributed by atoms with E-state index in [0.29, 0.717) is 22.9 Å². The molecule has 0 atom stereocenters. The smallest absolute Gasteiger partial charge is 0.269 e. The van der Waals surface area contributed by atoms with Crippen molar-refractivity contribution in [3.8, 4) is 11.5 Å². The van der Waals surface area contributed by atoms with Gasteiger partial charge in [-0.05, 0) is 37.6 Å². The summed E-state index contributed by atoms with van der Waals surface area (Å²) in [5.41, 5.74) is 8.76. The van der Waals surface area contributed by atoms with Crippen LogP contribution in [0, 0.1) is 6.92 Å². The molecule has 126 valence electrons. The highest BCUT2D eigenvalue weighted by Gasteiger charge is 2.09. The number of hydrazine groups is 1. The lowest BCUT2D eigenvalue weighted by molar-refractivity contribution is 0.0962. The monoisotopic (exact) mass is 333 g/mol. The highest BCUT2D eigenvalue weighted by atomic mass is 16.2. The molecule has 3 rings (SSSR count). The number of amides is 1. The third-order valence-electron chi connectivity index (χ3n) is 3.65. The minimum Gasteiger partial charge on any atom is -0.281 e. The maximum absolute atomic E-state index is 12.2. The predicted molar refractivity (Wildman–Crippen MR) is 96.9 cm³/mol. The summed E-state index contributed by atoms with van der Waals surface area (Å²) < 4.78 is 0. The van der Waals surface area contributed by atoms with Gasteiger partial charge in [0.25, 0.3) is 5.91 Å². The zero-order chi connectivity index (χ0) is 17.6. The van der Waals surface area contributed by atoms with E-state index in [0.717, 1.165) is 17.7 Å². The van der Waals surface area contributed by atoms with Gasteiger partial charge in [0.05, 0.1) is 0 Å². The minimum absolute atomic E-state index is 0.226. The average Bonchev–Trinajstić information content (AvgIpc) is 2.67. The Balaban J connectivity index is 1.78. The Bertz CT molecular complexity index is 863. The van der Waals surface area contributed by atoms with Gasteiger partial charge in [-0.2, -0.15) is 0 Å². The van der Waals surface area contributed by atoms with Crippen LogP contribution in [0.2, 0.25) is 0 Å². The molecule has 1 aromatic carbocycles. The van der Waals surface area contributed by atoms with Gasteiger partial charge in [0.1, 0.15) is 11.5 Å². The van der Waals surface area contributed by atoms with Crippen molar-refractivity contribution in [1.82, 2.24) is 20.4 Å². The topological polar surface area (TPSA) is 79.8 Å². The van der Waals surface area contributed by atoms with E-state index < -0.39 is 0 Å². The molecule has 0 bridgehead atoms. The molecule has 1 amide bonds. The Hall–Kier alpha value is -3.28.